The zero-order valence-electron chi connectivity index (χ0n) is 13.2. The van der Waals surface area contributed by atoms with Crippen LogP contribution in [0.3, 0.4) is 0 Å². The molecular formula is C17H29N3. The van der Waals surface area contributed by atoms with Crippen molar-refractivity contribution in [2.24, 2.45) is 4.99 Å². The van der Waals surface area contributed by atoms with E-state index < -0.39 is 0 Å². The molecule has 3 rings (SSSR count). The van der Waals surface area contributed by atoms with Gasteiger partial charge >= 0.3 is 0 Å². The molecule has 112 valence electrons. The minimum Gasteiger partial charge on any atom is -0.354 e. The van der Waals surface area contributed by atoms with Crippen molar-refractivity contribution in [2.45, 2.75) is 89.9 Å². The molecule has 0 amide bonds. The second kappa shape index (κ2) is 5.79. The fourth-order valence-corrected chi connectivity index (χ4v) is 4.13. The van der Waals surface area contributed by atoms with Gasteiger partial charge in [-0.3, -0.25) is 0 Å². The van der Waals surface area contributed by atoms with Crippen molar-refractivity contribution in [3.05, 3.63) is 11.6 Å². The van der Waals surface area contributed by atoms with Crippen LogP contribution in [0.2, 0.25) is 0 Å². The van der Waals surface area contributed by atoms with Crippen LogP contribution in [0.1, 0.15) is 65.7 Å². The Bertz CT molecular complexity index is 408. The summed E-state index contributed by atoms with van der Waals surface area (Å²) in [5.41, 5.74) is 1.43. The van der Waals surface area contributed by atoms with Crippen LogP contribution in [-0.2, 0) is 0 Å². The smallest absolute Gasteiger partial charge is 0.194 e. The van der Waals surface area contributed by atoms with Crippen molar-refractivity contribution in [3.63, 3.8) is 0 Å². The zero-order chi connectivity index (χ0) is 14.1. The lowest BCUT2D eigenvalue weighted by molar-refractivity contribution is 0.103. The van der Waals surface area contributed by atoms with Gasteiger partial charge in [0.25, 0.3) is 0 Å². The Morgan fingerprint density at radius 1 is 1.30 bits per heavy atom. The van der Waals surface area contributed by atoms with Crippen molar-refractivity contribution in [3.8, 4) is 0 Å². The van der Waals surface area contributed by atoms with E-state index in [4.69, 9.17) is 4.99 Å². The topological polar surface area (TPSA) is 27.6 Å². The average Bonchev–Trinajstić information content (AvgIpc) is 2.37. The number of nitrogens with zero attached hydrogens (tertiary/aromatic N) is 2. The molecule has 1 N–H and O–H groups in total. The van der Waals surface area contributed by atoms with E-state index in [9.17, 15) is 0 Å². The number of nitrogens with one attached hydrogen (secondary N) is 1. The molecule has 3 heterocycles. The third kappa shape index (κ3) is 2.87. The molecule has 3 aliphatic heterocycles. The maximum atomic E-state index is 5.04. The lowest BCUT2D eigenvalue weighted by atomic mass is 9.85. The second-order valence-electron chi connectivity index (χ2n) is 7.13. The Kier molecular flexibility index (Phi) is 4.04. The van der Waals surface area contributed by atoms with Gasteiger partial charge in [-0.25, -0.2) is 4.99 Å². The van der Waals surface area contributed by atoms with Crippen molar-refractivity contribution in [1.29, 1.82) is 0 Å². The SMILES string of the molecule is CC(C)=CCCC1CC2CCCC3CC(C)NC(=N1)N23. The molecule has 2 saturated heterocycles. The zero-order valence-corrected chi connectivity index (χ0v) is 13.2. The van der Waals surface area contributed by atoms with Crippen LogP contribution in [-0.4, -0.2) is 35.0 Å². The second-order valence-corrected chi connectivity index (χ2v) is 7.13. The highest BCUT2D eigenvalue weighted by molar-refractivity contribution is 5.82. The van der Waals surface area contributed by atoms with Crippen molar-refractivity contribution < 1.29 is 0 Å². The summed E-state index contributed by atoms with van der Waals surface area (Å²) in [5, 5.41) is 3.64. The number of piperidine rings is 1. The fraction of sp³-hybridized carbons (Fsp3) is 0.824. The third-order valence-corrected chi connectivity index (χ3v) is 5.01. The van der Waals surface area contributed by atoms with Gasteiger partial charge in [0.1, 0.15) is 0 Å². The van der Waals surface area contributed by atoms with Crippen LogP contribution in [0.4, 0.5) is 0 Å². The highest BCUT2D eigenvalue weighted by Crippen LogP contribution is 2.34. The Balaban J connectivity index is 1.72. The number of rotatable bonds is 3. The molecule has 4 unspecified atom stereocenters. The molecule has 3 heteroatoms. The van der Waals surface area contributed by atoms with Crippen LogP contribution < -0.4 is 5.32 Å². The van der Waals surface area contributed by atoms with Gasteiger partial charge in [-0.15, -0.1) is 0 Å². The summed E-state index contributed by atoms with van der Waals surface area (Å²) in [6.45, 7) is 6.67. The predicted molar refractivity (Wildman–Crippen MR) is 85.0 cm³/mol. The average molecular weight is 275 g/mol. The van der Waals surface area contributed by atoms with Crippen molar-refractivity contribution in [1.82, 2.24) is 10.2 Å². The van der Waals surface area contributed by atoms with Gasteiger partial charge in [-0.05, 0) is 65.7 Å². The molecule has 0 radical (unpaired) electrons. The van der Waals surface area contributed by atoms with Gasteiger partial charge in [0.05, 0.1) is 6.04 Å². The lowest BCUT2D eigenvalue weighted by Crippen LogP contribution is -2.64. The maximum Gasteiger partial charge on any atom is 0.194 e. The Labute approximate surface area is 123 Å². The minimum atomic E-state index is 0.526. The first-order chi connectivity index (χ1) is 9.63. The van der Waals surface area contributed by atoms with E-state index in [2.05, 4.69) is 37.1 Å². The quantitative estimate of drug-likeness (QED) is 0.799. The number of hydrogen-bond acceptors (Lipinski definition) is 3. The molecule has 0 aromatic carbocycles. The first-order valence-electron chi connectivity index (χ1n) is 8.39. The molecule has 0 aliphatic carbocycles. The minimum absolute atomic E-state index is 0.526. The first kappa shape index (κ1) is 14.0. The monoisotopic (exact) mass is 275 g/mol. The molecule has 0 bridgehead atoms. The van der Waals surface area contributed by atoms with Crippen LogP contribution >= 0.6 is 0 Å². The van der Waals surface area contributed by atoms with E-state index in [1.54, 1.807) is 0 Å². The number of guanidine groups is 1. The van der Waals surface area contributed by atoms with Crippen LogP contribution in [0.25, 0.3) is 0 Å². The molecule has 0 aromatic rings. The summed E-state index contributed by atoms with van der Waals surface area (Å²) in [6, 6.07) is 2.61. The molecule has 3 aliphatic rings. The number of hydrogen-bond donors (Lipinski definition) is 1. The summed E-state index contributed by atoms with van der Waals surface area (Å²) < 4.78 is 0. The van der Waals surface area contributed by atoms with Gasteiger partial charge in [0.2, 0.25) is 0 Å². The van der Waals surface area contributed by atoms with Gasteiger partial charge in [0.15, 0.2) is 5.96 Å². The highest BCUT2D eigenvalue weighted by Gasteiger charge is 2.40. The van der Waals surface area contributed by atoms with E-state index in [0.29, 0.717) is 12.1 Å². The van der Waals surface area contributed by atoms with Crippen LogP contribution in [0.15, 0.2) is 16.6 Å². The Morgan fingerprint density at radius 3 is 2.80 bits per heavy atom. The highest BCUT2D eigenvalue weighted by atomic mass is 15.4. The van der Waals surface area contributed by atoms with Crippen LogP contribution in [0, 0.1) is 0 Å². The largest absolute Gasteiger partial charge is 0.354 e. The summed E-state index contributed by atoms with van der Waals surface area (Å²) >= 11 is 0. The Hall–Kier alpha value is -0.990. The van der Waals surface area contributed by atoms with E-state index >= 15 is 0 Å². The molecule has 4 atom stereocenters. The standard InChI is InChI=1S/C17H29N3/c1-12(2)6-4-7-14-11-16-9-5-8-15-10-13(3)18-17(19-14)20(15)16/h6,13-16H,4-5,7-11H2,1-3H3,(H,18,19). The molecule has 0 spiro atoms. The lowest BCUT2D eigenvalue weighted by Gasteiger charge is -2.52. The fourth-order valence-electron chi connectivity index (χ4n) is 4.13. The molecule has 2 fully saturated rings. The van der Waals surface area contributed by atoms with Crippen molar-refractivity contribution >= 4 is 5.96 Å². The van der Waals surface area contributed by atoms with Gasteiger partial charge in [0, 0.05) is 18.1 Å². The first-order valence-corrected chi connectivity index (χ1v) is 8.39. The van der Waals surface area contributed by atoms with Crippen molar-refractivity contribution in [2.75, 3.05) is 0 Å². The normalized spacial score (nSPS) is 35.8. The summed E-state index contributed by atoms with van der Waals surface area (Å²) in [4.78, 5) is 7.66. The van der Waals surface area contributed by atoms with Gasteiger partial charge in [-0.1, -0.05) is 11.6 Å². The van der Waals surface area contributed by atoms with Crippen LogP contribution in [0.5, 0.6) is 0 Å². The molecule has 20 heavy (non-hydrogen) atoms. The Morgan fingerprint density at radius 2 is 2.05 bits per heavy atom. The number of allylic oxidation sites excluding steroid dienone is 2. The maximum absolute atomic E-state index is 5.04. The summed E-state index contributed by atoms with van der Waals surface area (Å²) in [5.74, 6) is 1.21. The summed E-state index contributed by atoms with van der Waals surface area (Å²) in [7, 11) is 0. The van der Waals surface area contributed by atoms with Gasteiger partial charge in [-0.2, -0.15) is 0 Å². The third-order valence-electron chi connectivity index (χ3n) is 5.01. The molecule has 3 nitrogen and oxygen atoms in total. The number of aliphatic imine (C=N–C) groups is 1. The molecule has 0 aromatic heterocycles. The van der Waals surface area contributed by atoms with E-state index in [1.165, 1.54) is 56.5 Å². The van der Waals surface area contributed by atoms with E-state index in [0.717, 1.165) is 12.1 Å². The molecule has 0 saturated carbocycles. The van der Waals surface area contributed by atoms with Gasteiger partial charge < -0.3 is 10.2 Å². The predicted octanol–water partition coefficient (Wildman–Crippen LogP) is 3.47. The van der Waals surface area contributed by atoms with E-state index in [-0.39, 0.29) is 0 Å². The molecular weight excluding hydrogens is 246 g/mol. The van der Waals surface area contributed by atoms with E-state index in [1.807, 2.05) is 0 Å². The summed E-state index contributed by atoms with van der Waals surface area (Å²) in [6.07, 6.45) is 11.4.